The van der Waals surface area contributed by atoms with Gasteiger partial charge in [0.15, 0.2) is 0 Å². The summed E-state index contributed by atoms with van der Waals surface area (Å²) in [5.74, 6) is 1.02. The van der Waals surface area contributed by atoms with E-state index >= 15 is 0 Å². The van der Waals surface area contributed by atoms with Crippen molar-refractivity contribution in [2.45, 2.75) is 6.42 Å². The molecule has 20 heavy (non-hydrogen) atoms. The Morgan fingerprint density at radius 2 is 1.90 bits per heavy atom. The quantitative estimate of drug-likeness (QED) is 0.756. The SMILES string of the molecule is Nc1ccnc(NCCc2cccc3cccnc23)n1. The molecule has 0 radical (unpaired) electrons. The molecule has 0 spiro atoms. The van der Waals surface area contributed by atoms with Gasteiger partial charge >= 0.3 is 0 Å². The van der Waals surface area contributed by atoms with Crippen LogP contribution in [-0.4, -0.2) is 21.5 Å². The number of benzene rings is 1. The number of fused-ring (bicyclic) bond motifs is 1. The Morgan fingerprint density at radius 1 is 1.00 bits per heavy atom. The van der Waals surface area contributed by atoms with E-state index in [9.17, 15) is 0 Å². The van der Waals surface area contributed by atoms with Gasteiger partial charge in [0, 0.05) is 24.3 Å². The second-order valence-corrected chi connectivity index (χ2v) is 4.47. The number of hydrogen-bond donors (Lipinski definition) is 2. The van der Waals surface area contributed by atoms with Crippen LogP contribution in [-0.2, 0) is 6.42 Å². The second-order valence-electron chi connectivity index (χ2n) is 4.47. The van der Waals surface area contributed by atoms with Gasteiger partial charge in [0.25, 0.3) is 0 Å². The Hall–Kier alpha value is -2.69. The average Bonchev–Trinajstić information content (AvgIpc) is 2.48. The van der Waals surface area contributed by atoms with Crippen LogP contribution in [0.3, 0.4) is 0 Å². The molecular formula is C15H15N5. The van der Waals surface area contributed by atoms with Crippen molar-refractivity contribution in [3.63, 3.8) is 0 Å². The predicted molar refractivity (Wildman–Crippen MR) is 80.4 cm³/mol. The lowest BCUT2D eigenvalue weighted by Gasteiger charge is -2.07. The third-order valence-electron chi connectivity index (χ3n) is 3.07. The predicted octanol–water partition coefficient (Wildman–Crippen LogP) is 2.26. The standard InChI is InChI=1S/C15H15N5/c16-13-7-10-19-15(20-13)18-9-6-12-4-1-3-11-5-2-8-17-14(11)12/h1-5,7-8,10H,6,9H2,(H3,16,18,19,20). The minimum atomic E-state index is 0.467. The lowest BCUT2D eigenvalue weighted by Crippen LogP contribution is -2.09. The van der Waals surface area contributed by atoms with E-state index in [2.05, 4.69) is 44.5 Å². The fourth-order valence-corrected chi connectivity index (χ4v) is 2.14. The maximum atomic E-state index is 5.61. The molecule has 2 aromatic heterocycles. The molecule has 0 saturated carbocycles. The number of anilines is 2. The van der Waals surface area contributed by atoms with Gasteiger partial charge in [-0.2, -0.15) is 4.98 Å². The van der Waals surface area contributed by atoms with Crippen LogP contribution in [0, 0.1) is 0 Å². The summed E-state index contributed by atoms with van der Waals surface area (Å²) < 4.78 is 0. The van der Waals surface area contributed by atoms with E-state index in [4.69, 9.17) is 5.73 Å². The highest BCUT2D eigenvalue weighted by atomic mass is 15.1. The van der Waals surface area contributed by atoms with Crippen LogP contribution >= 0.6 is 0 Å². The molecule has 0 aliphatic heterocycles. The van der Waals surface area contributed by atoms with Gasteiger partial charge < -0.3 is 11.1 Å². The zero-order chi connectivity index (χ0) is 13.8. The van der Waals surface area contributed by atoms with Crippen molar-refractivity contribution in [3.05, 3.63) is 54.4 Å². The molecule has 0 fully saturated rings. The number of nitrogen functional groups attached to an aromatic ring is 1. The lowest BCUT2D eigenvalue weighted by atomic mass is 10.1. The van der Waals surface area contributed by atoms with E-state index in [0.29, 0.717) is 11.8 Å². The van der Waals surface area contributed by atoms with Gasteiger partial charge in [0.2, 0.25) is 5.95 Å². The molecule has 1 aromatic carbocycles. The first-order valence-corrected chi connectivity index (χ1v) is 6.48. The number of hydrogen-bond acceptors (Lipinski definition) is 5. The summed E-state index contributed by atoms with van der Waals surface area (Å²) in [6, 6.07) is 11.9. The van der Waals surface area contributed by atoms with Crippen molar-refractivity contribution in [3.8, 4) is 0 Å². The monoisotopic (exact) mass is 265 g/mol. The van der Waals surface area contributed by atoms with Crippen molar-refractivity contribution in [1.82, 2.24) is 15.0 Å². The number of pyridine rings is 1. The van der Waals surface area contributed by atoms with E-state index in [1.165, 1.54) is 5.56 Å². The maximum absolute atomic E-state index is 5.61. The van der Waals surface area contributed by atoms with Gasteiger partial charge in [0.05, 0.1) is 5.52 Å². The number of rotatable bonds is 4. The highest BCUT2D eigenvalue weighted by molar-refractivity contribution is 5.81. The largest absolute Gasteiger partial charge is 0.384 e. The van der Waals surface area contributed by atoms with E-state index in [0.717, 1.165) is 23.9 Å². The summed E-state index contributed by atoms with van der Waals surface area (Å²) in [7, 11) is 0. The van der Waals surface area contributed by atoms with Crippen LogP contribution in [0.2, 0.25) is 0 Å². The molecule has 0 bridgehead atoms. The summed E-state index contributed by atoms with van der Waals surface area (Å²) in [5.41, 5.74) is 7.87. The molecular weight excluding hydrogens is 250 g/mol. The van der Waals surface area contributed by atoms with Crippen molar-refractivity contribution in [2.24, 2.45) is 0 Å². The average molecular weight is 265 g/mol. The van der Waals surface area contributed by atoms with Crippen LogP contribution in [0.4, 0.5) is 11.8 Å². The van der Waals surface area contributed by atoms with Crippen LogP contribution in [0.25, 0.3) is 10.9 Å². The molecule has 0 aliphatic carbocycles. The van der Waals surface area contributed by atoms with Crippen LogP contribution in [0.1, 0.15) is 5.56 Å². The number of nitrogens with two attached hydrogens (primary N) is 1. The Labute approximate surface area is 116 Å². The fraction of sp³-hybridized carbons (Fsp3) is 0.133. The number of para-hydroxylation sites is 1. The Kier molecular flexibility index (Phi) is 3.41. The van der Waals surface area contributed by atoms with Crippen molar-refractivity contribution in [1.29, 1.82) is 0 Å². The van der Waals surface area contributed by atoms with Gasteiger partial charge in [-0.3, -0.25) is 4.98 Å². The zero-order valence-corrected chi connectivity index (χ0v) is 11.0. The van der Waals surface area contributed by atoms with E-state index < -0.39 is 0 Å². The first kappa shape index (κ1) is 12.3. The summed E-state index contributed by atoms with van der Waals surface area (Å²) in [5, 5.41) is 4.33. The smallest absolute Gasteiger partial charge is 0.224 e. The molecule has 100 valence electrons. The fourth-order valence-electron chi connectivity index (χ4n) is 2.14. The first-order valence-electron chi connectivity index (χ1n) is 6.48. The molecule has 5 heteroatoms. The molecule has 0 atom stereocenters. The summed E-state index contributed by atoms with van der Waals surface area (Å²) in [6.07, 6.45) is 4.32. The summed E-state index contributed by atoms with van der Waals surface area (Å²) in [6.45, 7) is 0.735. The minimum absolute atomic E-state index is 0.467. The van der Waals surface area contributed by atoms with Crippen molar-refractivity contribution in [2.75, 3.05) is 17.6 Å². The highest BCUT2D eigenvalue weighted by Gasteiger charge is 2.02. The molecule has 5 nitrogen and oxygen atoms in total. The van der Waals surface area contributed by atoms with Crippen LogP contribution < -0.4 is 11.1 Å². The molecule has 3 aromatic rings. The number of nitrogens with zero attached hydrogens (tertiary/aromatic N) is 3. The molecule has 0 saturated heterocycles. The van der Waals surface area contributed by atoms with Crippen molar-refractivity contribution >= 4 is 22.7 Å². The zero-order valence-electron chi connectivity index (χ0n) is 11.0. The van der Waals surface area contributed by atoms with Gasteiger partial charge in [-0.15, -0.1) is 0 Å². The Balaban J connectivity index is 1.71. The minimum Gasteiger partial charge on any atom is -0.384 e. The molecule has 2 heterocycles. The summed E-state index contributed by atoms with van der Waals surface area (Å²) >= 11 is 0. The molecule has 0 unspecified atom stereocenters. The van der Waals surface area contributed by atoms with Crippen LogP contribution in [0.5, 0.6) is 0 Å². The van der Waals surface area contributed by atoms with Crippen molar-refractivity contribution < 1.29 is 0 Å². The maximum Gasteiger partial charge on any atom is 0.224 e. The third-order valence-corrected chi connectivity index (χ3v) is 3.07. The highest BCUT2D eigenvalue weighted by Crippen LogP contribution is 2.16. The van der Waals surface area contributed by atoms with Gasteiger partial charge in [-0.25, -0.2) is 4.98 Å². The van der Waals surface area contributed by atoms with Gasteiger partial charge in [-0.05, 0) is 24.1 Å². The molecule has 3 N–H and O–H groups in total. The molecule has 0 aliphatic rings. The molecule has 3 rings (SSSR count). The topological polar surface area (TPSA) is 76.7 Å². The summed E-state index contributed by atoms with van der Waals surface area (Å²) in [4.78, 5) is 12.7. The van der Waals surface area contributed by atoms with E-state index in [1.54, 1.807) is 12.3 Å². The molecule has 0 amide bonds. The van der Waals surface area contributed by atoms with Crippen LogP contribution in [0.15, 0.2) is 48.8 Å². The van der Waals surface area contributed by atoms with E-state index in [-0.39, 0.29) is 0 Å². The van der Waals surface area contributed by atoms with Gasteiger partial charge in [0.1, 0.15) is 5.82 Å². The number of nitrogens with one attached hydrogen (secondary N) is 1. The van der Waals surface area contributed by atoms with Gasteiger partial charge in [-0.1, -0.05) is 24.3 Å². The third kappa shape index (κ3) is 2.66. The Morgan fingerprint density at radius 3 is 2.80 bits per heavy atom. The lowest BCUT2D eigenvalue weighted by molar-refractivity contribution is 0.989. The Bertz CT molecular complexity index is 721. The second kappa shape index (κ2) is 5.52. The van der Waals surface area contributed by atoms with E-state index in [1.807, 2.05) is 12.3 Å². The number of aromatic nitrogens is 3. The first-order chi connectivity index (χ1) is 9.83. The normalized spacial score (nSPS) is 10.6.